The fraction of sp³-hybridized carbons (Fsp3) is 0.556. The average Bonchev–Trinajstić information content (AvgIpc) is 2.85. The molecule has 0 aromatic carbocycles. The summed E-state index contributed by atoms with van der Waals surface area (Å²) in [5.74, 6) is 0.649. The number of aryl methyl sites for hydroxylation is 2. The third-order valence-electron chi connectivity index (χ3n) is 4.00. The standard InChI is InChI=1S/C18H22N4OS2/c1-11(2)9-22-17(23)15-12(3)13(4)25-16(15)21-18(22)24-10-14(8-20)6-5-7-19/h11,14H,5-6,9-10H2,1-4H3/t14-/m1/s1. The molecule has 0 unspecified atom stereocenters. The van der Waals surface area contributed by atoms with Crippen molar-refractivity contribution >= 4 is 33.3 Å². The minimum atomic E-state index is -0.212. The molecule has 0 N–H and O–H groups in total. The van der Waals surface area contributed by atoms with Crippen LogP contribution < -0.4 is 5.56 Å². The van der Waals surface area contributed by atoms with Crippen LogP contribution in [0.25, 0.3) is 10.2 Å². The summed E-state index contributed by atoms with van der Waals surface area (Å²) in [5.41, 5.74) is 1.02. The first-order valence-electron chi connectivity index (χ1n) is 8.28. The summed E-state index contributed by atoms with van der Waals surface area (Å²) in [6, 6.07) is 4.33. The summed E-state index contributed by atoms with van der Waals surface area (Å²) in [7, 11) is 0. The fourth-order valence-corrected chi connectivity index (χ4v) is 4.68. The van der Waals surface area contributed by atoms with E-state index in [0.29, 0.717) is 41.6 Å². The van der Waals surface area contributed by atoms with Gasteiger partial charge >= 0.3 is 0 Å². The van der Waals surface area contributed by atoms with Crippen LogP contribution in [0.15, 0.2) is 9.95 Å². The highest BCUT2D eigenvalue weighted by Crippen LogP contribution is 2.29. The van der Waals surface area contributed by atoms with E-state index < -0.39 is 0 Å². The van der Waals surface area contributed by atoms with Crippen LogP contribution in [0.2, 0.25) is 0 Å². The summed E-state index contributed by atoms with van der Waals surface area (Å²) in [6.07, 6.45) is 0.918. The molecule has 2 heterocycles. The molecule has 132 valence electrons. The van der Waals surface area contributed by atoms with E-state index in [1.54, 1.807) is 15.9 Å². The lowest BCUT2D eigenvalue weighted by Gasteiger charge is -2.15. The van der Waals surface area contributed by atoms with E-state index in [2.05, 4.69) is 26.0 Å². The Hall–Kier alpha value is -1.83. The highest BCUT2D eigenvalue weighted by Gasteiger charge is 2.18. The van der Waals surface area contributed by atoms with Gasteiger partial charge in [-0.05, 0) is 31.7 Å². The molecule has 0 fully saturated rings. The SMILES string of the molecule is Cc1sc2nc(SC[C@@H](C#N)CCC#N)n(CC(C)C)c(=O)c2c1C. The maximum absolute atomic E-state index is 13.0. The molecular formula is C18H22N4OS2. The molecule has 0 aliphatic carbocycles. The fourth-order valence-electron chi connectivity index (χ4n) is 2.54. The molecule has 0 aliphatic heterocycles. The highest BCUT2D eigenvalue weighted by molar-refractivity contribution is 7.99. The molecule has 1 atom stereocenters. The summed E-state index contributed by atoms with van der Waals surface area (Å²) < 4.78 is 1.75. The predicted molar refractivity (Wildman–Crippen MR) is 103 cm³/mol. The van der Waals surface area contributed by atoms with Gasteiger partial charge in [0.2, 0.25) is 0 Å². The summed E-state index contributed by atoms with van der Waals surface area (Å²) in [4.78, 5) is 19.6. The van der Waals surface area contributed by atoms with Crippen LogP contribution in [0.4, 0.5) is 0 Å². The molecule has 0 saturated heterocycles. The van der Waals surface area contributed by atoms with E-state index in [4.69, 9.17) is 10.2 Å². The average molecular weight is 375 g/mol. The zero-order valence-corrected chi connectivity index (χ0v) is 16.6. The van der Waals surface area contributed by atoms with Crippen LogP contribution >= 0.6 is 23.1 Å². The Morgan fingerprint density at radius 3 is 2.64 bits per heavy atom. The van der Waals surface area contributed by atoms with Gasteiger partial charge in [-0.15, -0.1) is 11.3 Å². The largest absolute Gasteiger partial charge is 0.287 e. The monoisotopic (exact) mass is 374 g/mol. The van der Waals surface area contributed by atoms with E-state index in [0.717, 1.165) is 15.3 Å². The van der Waals surface area contributed by atoms with E-state index in [1.807, 2.05) is 13.8 Å². The molecule has 25 heavy (non-hydrogen) atoms. The first-order chi connectivity index (χ1) is 11.9. The predicted octanol–water partition coefficient (Wildman–Crippen LogP) is 4.27. The zero-order chi connectivity index (χ0) is 18.6. The first kappa shape index (κ1) is 19.5. The lowest BCUT2D eigenvalue weighted by molar-refractivity contribution is 0.475. The van der Waals surface area contributed by atoms with Crippen LogP contribution in [0, 0.1) is 48.3 Å². The second-order valence-electron chi connectivity index (χ2n) is 6.50. The van der Waals surface area contributed by atoms with E-state index >= 15 is 0 Å². The van der Waals surface area contributed by atoms with E-state index in [1.165, 1.54) is 11.8 Å². The Morgan fingerprint density at radius 1 is 1.32 bits per heavy atom. The molecule has 0 amide bonds. The second-order valence-corrected chi connectivity index (χ2v) is 8.69. The van der Waals surface area contributed by atoms with Gasteiger partial charge < -0.3 is 0 Å². The minimum Gasteiger partial charge on any atom is -0.287 e. The van der Waals surface area contributed by atoms with Crippen molar-refractivity contribution < 1.29 is 0 Å². The Bertz CT molecular complexity index is 899. The molecule has 0 bridgehead atoms. The van der Waals surface area contributed by atoms with Gasteiger partial charge in [-0.25, -0.2) is 4.98 Å². The molecular weight excluding hydrogens is 352 g/mol. The van der Waals surface area contributed by atoms with Gasteiger partial charge in [0.15, 0.2) is 5.16 Å². The number of fused-ring (bicyclic) bond motifs is 1. The van der Waals surface area contributed by atoms with Gasteiger partial charge in [-0.1, -0.05) is 25.6 Å². The van der Waals surface area contributed by atoms with Gasteiger partial charge in [-0.2, -0.15) is 10.5 Å². The molecule has 0 saturated carbocycles. The summed E-state index contributed by atoms with van der Waals surface area (Å²) in [5, 5.41) is 19.3. The van der Waals surface area contributed by atoms with E-state index in [9.17, 15) is 10.1 Å². The number of nitrogens with zero attached hydrogens (tertiary/aromatic N) is 4. The maximum Gasteiger partial charge on any atom is 0.263 e. The Morgan fingerprint density at radius 2 is 2.04 bits per heavy atom. The Balaban J connectivity index is 2.42. The number of thioether (sulfide) groups is 1. The lowest BCUT2D eigenvalue weighted by atomic mass is 10.1. The topological polar surface area (TPSA) is 82.5 Å². The van der Waals surface area contributed by atoms with Crippen molar-refractivity contribution in [2.75, 3.05) is 5.75 Å². The number of nitriles is 2. The number of rotatable bonds is 7. The van der Waals surface area contributed by atoms with Gasteiger partial charge in [0.1, 0.15) is 4.83 Å². The van der Waals surface area contributed by atoms with Crippen molar-refractivity contribution in [1.82, 2.24) is 9.55 Å². The minimum absolute atomic E-state index is 0.00795. The number of hydrogen-bond acceptors (Lipinski definition) is 6. The van der Waals surface area contributed by atoms with Crippen LogP contribution in [0.1, 0.15) is 37.1 Å². The van der Waals surface area contributed by atoms with Crippen molar-refractivity contribution in [2.45, 2.75) is 52.2 Å². The summed E-state index contributed by atoms with van der Waals surface area (Å²) >= 11 is 2.99. The zero-order valence-electron chi connectivity index (χ0n) is 15.0. The normalized spacial score (nSPS) is 12.3. The number of hydrogen-bond donors (Lipinski definition) is 0. The molecule has 0 spiro atoms. The van der Waals surface area contributed by atoms with Crippen molar-refractivity contribution in [3.8, 4) is 12.1 Å². The molecule has 2 aromatic rings. The Kier molecular flexibility index (Phi) is 6.64. The molecule has 5 nitrogen and oxygen atoms in total. The third-order valence-corrected chi connectivity index (χ3v) is 6.24. The third kappa shape index (κ3) is 4.42. The van der Waals surface area contributed by atoms with Crippen LogP contribution in [-0.2, 0) is 6.54 Å². The highest BCUT2D eigenvalue weighted by atomic mass is 32.2. The molecule has 0 aliphatic rings. The molecule has 7 heteroatoms. The van der Waals surface area contributed by atoms with Crippen molar-refractivity contribution in [3.05, 3.63) is 20.8 Å². The lowest BCUT2D eigenvalue weighted by Crippen LogP contribution is -2.25. The molecule has 2 aromatic heterocycles. The van der Waals surface area contributed by atoms with Crippen LogP contribution in [0.3, 0.4) is 0 Å². The van der Waals surface area contributed by atoms with E-state index in [-0.39, 0.29) is 11.5 Å². The van der Waals surface area contributed by atoms with Crippen molar-refractivity contribution in [1.29, 1.82) is 10.5 Å². The summed E-state index contributed by atoms with van der Waals surface area (Å²) in [6.45, 7) is 8.73. The van der Waals surface area contributed by atoms with Crippen molar-refractivity contribution in [3.63, 3.8) is 0 Å². The Labute approximate surface area is 156 Å². The number of aromatic nitrogens is 2. The van der Waals surface area contributed by atoms with Gasteiger partial charge in [-0.3, -0.25) is 9.36 Å². The van der Waals surface area contributed by atoms with Gasteiger partial charge in [0.05, 0.1) is 23.4 Å². The first-order valence-corrected chi connectivity index (χ1v) is 10.1. The maximum atomic E-state index is 13.0. The molecule has 0 radical (unpaired) electrons. The van der Waals surface area contributed by atoms with Gasteiger partial charge in [0, 0.05) is 23.6 Å². The van der Waals surface area contributed by atoms with Crippen LogP contribution in [-0.4, -0.2) is 15.3 Å². The van der Waals surface area contributed by atoms with Gasteiger partial charge in [0.25, 0.3) is 5.56 Å². The van der Waals surface area contributed by atoms with Crippen LogP contribution in [0.5, 0.6) is 0 Å². The second kappa shape index (κ2) is 8.51. The molecule has 2 rings (SSSR count). The van der Waals surface area contributed by atoms with Crippen molar-refractivity contribution in [2.24, 2.45) is 11.8 Å². The quantitative estimate of drug-likeness (QED) is 0.534. The smallest absolute Gasteiger partial charge is 0.263 e. The number of thiophene rings is 1.